The molecule has 2 nitrogen and oxygen atoms in total. The van der Waals surface area contributed by atoms with E-state index in [0.717, 1.165) is 0 Å². The predicted octanol–water partition coefficient (Wildman–Crippen LogP) is 2.56. The Balaban J connectivity index is 3.94. The minimum Gasteiger partial charge on any atom is -0.480 e. The molecule has 6 heteroatoms. The molecule has 0 aliphatic rings. The van der Waals surface area contributed by atoms with Crippen LogP contribution < -0.4 is 0 Å². The molecule has 0 fully saturated rings. The van der Waals surface area contributed by atoms with Gasteiger partial charge >= 0.3 is 5.97 Å². The smallest absolute Gasteiger partial charge is 0.322 e. The Hall–Kier alpha value is 1.20. The summed E-state index contributed by atoms with van der Waals surface area (Å²) in [7, 11) is 0. The zero-order chi connectivity index (χ0) is 8.31. The molecule has 2 unspecified atom stereocenters. The number of aliphatic carboxylic acids is 1. The molecule has 2 atom stereocenters. The number of alkyl halides is 4. The molecule has 0 rings (SSSR count). The maximum atomic E-state index is 10.2. The average Bonchev–Trinajstić information content (AvgIpc) is 1.84. The molecule has 0 aliphatic carbocycles. The Labute approximate surface area is 88.7 Å². The zero-order valence-corrected chi connectivity index (χ0v) is 10.1. The van der Waals surface area contributed by atoms with Gasteiger partial charge in [0, 0.05) is 0 Å². The van der Waals surface area contributed by atoms with Crippen molar-refractivity contribution in [3.63, 3.8) is 0 Å². The first-order chi connectivity index (χ1) is 4.46. The van der Waals surface area contributed by atoms with Crippen LogP contribution in [-0.4, -0.2) is 25.0 Å². The van der Waals surface area contributed by atoms with Gasteiger partial charge in [-0.2, -0.15) is 0 Å². The summed E-state index contributed by atoms with van der Waals surface area (Å²) in [4.78, 5) is 9.91. The van der Waals surface area contributed by atoms with E-state index >= 15 is 0 Å². The van der Waals surface area contributed by atoms with Crippen LogP contribution >= 0.6 is 59.4 Å². The Morgan fingerprint density at radius 1 is 1.40 bits per heavy atom. The first-order valence-electron chi connectivity index (χ1n) is 2.26. The van der Waals surface area contributed by atoms with Gasteiger partial charge in [0.15, 0.2) is 0 Å². The Bertz CT molecular complexity index is 130. The minimum atomic E-state index is -1.03. The largest absolute Gasteiger partial charge is 0.480 e. The van der Waals surface area contributed by atoms with Crippen LogP contribution in [0.25, 0.3) is 0 Å². The van der Waals surface area contributed by atoms with E-state index in [1.54, 1.807) is 0 Å². The Morgan fingerprint density at radius 2 is 1.80 bits per heavy atom. The number of hydrogen-bond donors (Lipinski definition) is 1. The highest BCUT2D eigenvalue weighted by Crippen LogP contribution is 2.25. The van der Waals surface area contributed by atoms with Crippen molar-refractivity contribution in [3.8, 4) is 0 Å². The van der Waals surface area contributed by atoms with Crippen molar-refractivity contribution >= 4 is 65.4 Å². The van der Waals surface area contributed by atoms with Crippen LogP contribution in [0.1, 0.15) is 0 Å². The highest BCUT2D eigenvalue weighted by Gasteiger charge is 2.27. The van der Waals surface area contributed by atoms with Gasteiger partial charge < -0.3 is 5.11 Å². The second kappa shape index (κ2) is 4.95. The van der Waals surface area contributed by atoms with E-state index in [2.05, 4.69) is 47.8 Å². The van der Waals surface area contributed by atoms with Gasteiger partial charge in [0.2, 0.25) is 0 Å². The molecular weight excluding hydrogens is 355 g/mol. The molecule has 0 heterocycles. The molecule has 0 saturated carbocycles. The molecular formula is C4H4Br3ClO2. The Morgan fingerprint density at radius 3 is 1.90 bits per heavy atom. The second-order valence-electron chi connectivity index (χ2n) is 1.52. The first-order valence-corrected chi connectivity index (χ1v) is 5.44. The lowest BCUT2D eigenvalue weighted by Crippen LogP contribution is -2.28. The summed E-state index contributed by atoms with van der Waals surface area (Å²) in [6.45, 7) is 0. The summed E-state index contributed by atoms with van der Waals surface area (Å²) in [6, 6.07) is 0. The van der Waals surface area contributed by atoms with Crippen LogP contribution in [0, 0.1) is 0 Å². The summed E-state index contributed by atoms with van der Waals surface area (Å²) in [5.74, 6) is -1.03. The van der Waals surface area contributed by atoms with Gasteiger partial charge in [-0.1, -0.05) is 47.8 Å². The van der Waals surface area contributed by atoms with Crippen LogP contribution in [0.4, 0.5) is 0 Å². The quantitative estimate of drug-likeness (QED) is 0.787. The summed E-state index contributed by atoms with van der Waals surface area (Å²) in [6.07, 6.45) is 0. The number of carboxylic acids is 1. The number of carbonyl (C=O) groups is 1. The second-order valence-corrected chi connectivity index (χ2v) is 6.25. The van der Waals surface area contributed by atoms with Crippen molar-refractivity contribution < 1.29 is 9.90 Å². The monoisotopic (exact) mass is 356 g/mol. The van der Waals surface area contributed by atoms with E-state index in [9.17, 15) is 4.79 Å². The van der Waals surface area contributed by atoms with Crippen LogP contribution in [0.2, 0.25) is 0 Å². The first kappa shape index (κ1) is 11.2. The van der Waals surface area contributed by atoms with Gasteiger partial charge in [-0.15, -0.1) is 11.6 Å². The maximum absolute atomic E-state index is 10.2. The third kappa shape index (κ3) is 3.55. The standard InChI is InChI=1S/C4H4Br3ClO2/c5-1(3(6)7)2(8)4(9)10/h1-3H,(H,9,10). The van der Waals surface area contributed by atoms with Crippen molar-refractivity contribution in [1.29, 1.82) is 0 Å². The van der Waals surface area contributed by atoms with Crippen molar-refractivity contribution in [2.75, 3.05) is 0 Å². The lowest BCUT2D eigenvalue weighted by Gasteiger charge is -2.12. The summed E-state index contributed by atoms with van der Waals surface area (Å²) >= 11 is 14.8. The van der Waals surface area contributed by atoms with Crippen molar-refractivity contribution in [2.24, 2.45) is 0 Å². The molecule has 10 heavy (non-hydrogen) atoms. The van der Waals surface area contributed by atoms with E-state index in [1.165, 1.54) is 0 Å². The van der Waals surface area contributed by atoms with Crippen LogP contribution in [0.3, 0.4) is 0 Å². The molecule has 0 spiro atoms. The maximum Gasteiger partial charge on any atom is 0.322 e. The van der Waals surface area contributed by atoms with E-state index in [1.807, 2.05) is 0 Å². The molecule has 0 saturated heterocycles. The highest BCUT2D eigenvalue weighted by atomic mass is 79.9. The number of rotatable bonds is 3. The van der Waals surface area contributed by atoms with Crippen LogP contribution in [0.15, 0.2) is 0 Å². The fourth-order valence-corrected chi connectivity index (χ4v) is 1.60. The molecule has 0 amide bonds. The van der Waals surface area contributed by atoms with E-state index in [0.29, 0.717) is 0 Å². The molecule has 0 radical (unpaired) electrons. The van der Waals surface area contributed by atoms with Crippen LogP contribution in [-0.2, 0) is 4.79 Å². The third-order valence-corrected chi connectivity index (χ3v) is 5.13. The number of carboxylic acid groups (broad SMARTS) is 1. The van der Waals surface area contributed by atoms with Crippen molar-refractivity contribution in [3.05, 3.63) is 0 Å². The molecule has 0 aliphatic heterocycles. The van der Waals surface area contributed by atoms with Gasteiger partial charge in [0.05, 0.1) is 8.56 Å². The SMILES string of the molecule is O=C(O)C(Cl)C(Br)C(Br)Br. The van der Waals surface area contributed by atoms with Crippen molar-refractivity contribution in [1.82, 2.24) is 0 Å². The average molecular weight is 359 g/mol. The summed E-state index contributed by atoms with van der Waals surface area (Å²) < 4.78 is -0.140. The minimum absolute atomic E-state index is 0.140. The normalized spacial score (nSPS) is 16.9. The molecule has 1 N–H and O–H groups in total. The van der Waals surface area contributed by atoms with E-state index < -0.39 is 11.3 Å². The Kier molecular flexibility index (Phi) is 5.55. The molecule has 0 aromatic carbocycles. The van der Waals surface area contributed by atoms with Gasteiger partial charge in [-0.3, -0.25) is 4.79 Å². The van der Waals surface area contributed by atoms with Gasteiger partial charge in [0.25, 0.3) is 0 Å². The van der Waals surface area contributed by atoms with Crippen molar-refractivity contribution in [2.45, 2.75) is 13.9 Å². The lowest BCUT2D eigenvalue weighted by atomic mass is 10.3. The van der Waals surface area contributed by atoms with Gasteiger partial charge in [0.1, 0.15) is 5.38 Å². The van der Waals surface area contributed by atoms with E-state index in [-0.39, 0.29) is 8.56 Å². The highest BCUT2D eigenvalue weighted by molar-refractivity contribution is 9.25. The number of halogens is 4. The fraction of sp³-hybridized carbons (Fsp3) is 0.750. The molecule has 0 aromatic heterocycles. The number of hydrogen-bond acceptors (Lipinski definition) is 1. The molecule has 60 valence electrons. The van der Waals surface area contributed by atoms with Crippen LogP contribution in [0.5, 0.6) is 0 Å². The summed E-state index contributed by atoms with van der Waals surface area (Å²) in [5.41, 5.74) is 0. The third-order valence-electron chi connectivity index (χ3n) is 0.756. The van der Waals surface area contributed by atoms with Gasteiger partial charge in [-0.05, 0) is 0 Å². The molecule has 0 aromatic rings. The zero-order valence-electron chi connectivity index (χ0n) is 4.60. The lowest BCUT2D eigenvalue weighted by molar-refractivity contribution is -0.136. The van der Waals surface area contributed by atoms with E-state index in [4.69, 9.17) is 16.7 Å². The summed E-state index contributed by atoms with van der Waals surface area (Å²) in [5, 5.41) is 7.47. The predicted molar refractivity (Wildman–Crippen MR) is 51.6 cm³/mol. The fourth-order valence-electron chi connectivity index (χ4n) is 0.264. The van der Waals surface area contributed by atoms with Gasteiger partial charge in [-0.25, -0.2) is 0 Å². The molecule has 0 bridgehead atoms. The topological polar surface area (TPSA) is 37.3 Å².